The Hall–Kier alpha value is -2.87. The molecule has 3 rings (SSSR count). The van der Waals surface area contributed by atoms with E-state index in [1.807, 2.05) is 31.2 Å². The van der Waals surface area contributed by atoms with Crippen LogP contribution in [0.5, 0.6) is 5.75 Å². The topological polar surface area (TPSA) is 96.9 Å². The maximum absolute atomic E-state index is 12.0. The number of aliphatic imine (C=N–C) groups is 1. The first-order valence-corrected chi connectivity index (χ1v) is 10.1. The number of fused-ring (bicyclic) bond motifs is 1. The zero-order valence-corrected chi connectivity index (χ0v) is 15.8. The monoisotopic (exact) mass is 387 g/mol. The van der Waals surface area contributed by atoms with Gasteiger partial charge in [-0.25, -0.2) is 8.42 Å². The van der Waals surface area contributed by atoms with Crippen molar-refractivity contribution >= 4 is 21.8 Å². The molecule has 1 amide bonds. The number of ether oxygens (including phenoxy) is 1. The molecule has 2 aromatic carbocycles. The van der Waals surface area contributed by atoms with E-state index in [0.29, 0.717) is 18.7 Å². The Bertz CT molecular complexity index is 970. The van der Waals surface area contributed by atoms with Crippen LogP contribution < -0.4 is 14.8 Å². The van der Waals surface area contributed by atoms with Gasteiger partial charge in [0.1, 0.15) is 18.2 Å². The molecule has 0 radical (unpaired) electrons. The highest BCUT2D eigenvalue weighted by Crippen LogP contribution is 2.22. The summed E-state index contributed by atoms with van der Waals surface area (Å²) in [6, 6.07) is 14.3. The van der Waals surface area contributed by atoms with Crippen molar-refractivity contribution in [3.05, 3.63) is 59.7 Å². The van der Waals surface area contributed by atoms with Gasteiger partial charge in [0, 0.05) is 12.0 Å². The molecule has 8 heteroatoms. The molecule has 1 aliphatic rings. The average molecular weight is 387 g/mol. The number of aryl methyl sites for hydroxylation is 1. The molecule has 0 saturated carbocycles. The second kappa shape index (κ2) is 8.22. The number of carbonyl (C=O) groups is 1. The summed E-state index contributed by atoms with van der Waals surface area (Å²) < 4.78 is 32.0. The Morgan fingerprint density at radius 3 is 2.81 bits per heavy atom. The molecule has 0 atom stereocenters. The summed E-state index contributed by atoms with van der Waals surface area (Å²) in [5, 5.41) is 2.76. The molecule has 2 aromatic rings. The fourth-order valence-electron chi connectivity index (χ4n) is 2.67. The minimum absolute atomic E-state index is 0.165. The number of benzene rings is 2. The van der Waals surface area contributed by atoms with E-state index < -0.39 is 10.0 Å². The summed E-state index contributed by atoms with van der Waals surface area (Å²) in [5.74, 6) is 0.880. The number of hydrogen-bond acceptors (Lipinski definition) is 5. The Kier molecular flexibility index (Phi) is 5.75. The lowest BCUT2D eigenvalue weighted by Crippen LogP contribution is -2.29. The molecule has 27 heavy (non-hydrogen) atoms. The second-order valence-electron chi connectivity index (χ2n) is 6.10. The SMILES string of the molecule is Cc1cccc(OCCNC(=O)CCN=C2NS(=O)(=O)c3ccccc32)c1. The van der Waals surface area contributed by atoms with E-state index in [1.165, 1.54) is 6.07 Å². The van der Waals surface area contributed by atoms with E-state index >= 15 is 0 Å². The summed E-state index contributed by atoms with van der Waals surface area (Å²) >= 11 is 0. The Balaban J connectivity index is 1.43. The number of amidine groups is 1. The number of hydrogen-bond donors (Lipinski definition) is 2. The molecule has 0 saturated heterocycles. The number of amides is 1. The molecule has 0 bridgehead atoms. The van der Waals surface area contributed by atoms with Crippen molar-refractivity contribution in [2.75, 3.05) is 19.7 Å². The third-order valence-corrected chi connectivity index (χ3v) is 5.35. The van der Waals surface area contributed by atoms with Gasteiger partial charge < -0.3 is 10.1 Å². The van der Waals surface area contributed by atoms with Gasteiger partial charge >= 0.3 is 0 Å². The number of rotatable bonds is 7. The van der Waals surface area contributed by atoms with Gasteiger partial charge in [0.2, 0.25) is 5.91 Å². The van der Waals surface area contributed by atoms with Crippen LogP contribution in [0.25, 0.3) is 0 Å². The van der Waals surface area contributed by atoms with Crippen molar-refractivity contribution in [1.29, 1.82) is 0 Å². The van der Waals surface area contributed by atoms with E-state index in [1.54, 1.807) is 18.2 Å². The first kappa shape index (κ1) is 18.9. The lowest BCUT2D eigenvalue weighted by atomic mass is 10.2. The molecular weight excluding hydrogens is 366 g/mol. The van der Waals surface area contributed by atoms with Gasteiger partial charge in [-0.15, -0.1) is 0 Å². The highest BCUT2D eigenvalue weighted by molar-refractivity contribution is 7.90. The highest BCUT2D eigenvalue weighted by Gasteiger charge is 2.29. The molecule has 142 valence electrons. The van der Waals surface area contributed by atoms with Crippen molar-refractivity contribution in [2.45, 2.75) is 18.2 Å². The normalized spacial score (nSPS) is 15.8. The Labute approximate surface area is 158 Å². The van der Waals surface area contributed by atoms with Gasteiger partial charge in [-0.05, 0) is 36.8 Å². The van der Waals surface area contributed by atoms with Crippen LogP contribution in [0.4, 0.5) is 0 Å². The van der Waals surface area contributed by atoms with Gasteiger partial charge in [0.05, 0.1) is 18.0 Å². The molecule has 2 N–H and O–H groups in total. The van der Waals surface area contributed by atoms with Gasteiger partial charge in [-0.3, -0.25) is 14.5 Å². The van der Waals surface area contributed by atoms with Crippen molar-refractivity contribution in [1.82, 2.24) is 10.0 Å². The van der Waals surface area contributed by atoms with Crippen LogP contribution in [0.3, 0.4) is 0 Å². The quantitative estimate of drug-likeness (QED) is 0.706. The molecule has 1 aliphatic heterocycles. The first-order chi connectivity index (χ1) is 13.0. The van der Waals surface area contributed by atoms with E-state index in [2.05, 4.69) is 15.0 Å². The Morgan fingerprint density at radius 1 is 1.19 bits per heavy atom. The van der Waals surface area contributed by atoms with E-state index in [-0.39, 0.29) is 29.6 Å². The van der Waals surface area contributed by atoms with Crippen LogP contribution in [-0.2, 0) is 14.8 Å². The van der Waals surface area contributed by atoms with Gasteiger partial charge in [-0.2, -0.15) is 0 Å². The largest absolute Gasteiger partial charge is 0.492 e. The lowest BCUT2D eigenvalue weighted by Gasteiger charge is -2.08. The lowest BCUT2D eigenvalue weighted by molar-refractivity contribution is -0.120. The molecule has 0 unspecified atom stereocenters. The summed E-state index contributed by atoms with van der Waals surface area (Å²) in [7, 11) is -3.55. The minimum atomic E-state index is -3.55. The predicted octanol–water partition coefficient (Wildman–Crippen LogP) is 1.62. The van der Waals surface area contributed by atoms with E-state index in [0.717, 1.165) is 11.3 Å². The van der Waals surface area contributed by atoms with Crippen molar-refractivity contribution in [3.63, 3.8) is 0 Å². The van der Waals surface area contributed by atoms with Crippen LogP contribution in [0.1, 0.15) is 17.5 Å². The third-order valence-electron chi connectivity index (χ3n) is 3.95. The van der Waals surface area contributed by atoms with Crippen molar-refractivity contribution in [2.24, 2.45) is 4.99 Å². The number of nitrogens with zero attached hydrogens (tertiary/aromatic N) is 1. The highest BCUT2D eigenvalue weighted by atomic mass is 32.2. The number of carbonyl (C=O) groups excluding carboxylic acids is 1. The zero-order chi connectivity index (χ0) is 19.3. The van der Waals surface area contributed by atoms with Gasteiger partial charge in [-0.1, -0.05) is 24.3 Å². The number of nitrogens with one attached hydrogen (secondary N) is 2. The van der Waals surface area contributed by atoms with Gasteiger partial charge in [0.25, 0.3) is 10.0 Å². The van der Waals surface area contributed by atoms with E-state index in [4.69, 9.17) is 4.74 Å². The van der Waals surface area contributed by atoms with E-state index in [9.17, 15) is 13.2 Å². The van der Waals surface area contributed by atoms with Crippen LogP contribution in [0.2, 0.25) is 0 Å². The van der Waals surface area contributed by atoms with Crippen LogP contribution in [0.15, 0.2) is 58.4 Å². The molecule has 0 fully saturated rings. The molecule has 0 aliphatic carbocycles. The molecule has 0 aromatic heterocycles. The molecular formula is C19H21N3O4S. The standard InChI is InChI=1S/C19H21N3O4S/c1-14-5-4-6-15(13-14)26-12-11-20-18(23)9-10-21-19-16-7-2-3-8-17(16)27(24,25)22-19/h2-8,13H,9-12H2,1H3,(H,20,23)(H,21,22). The fraction of sp³-hybridized carbons (Fsp3) is 0.263. The maximum Gasteiger partial charge on any atom is 0.263 e. The molecule has 7 nitrogen and oxygen atoms in total. The fourth-order valence-corrected chi connectivity index (χ4v) is 3.92. The third kappa shape index (κ3) is 4.85. The van der Waals surface area contributed by atoms with Crippen LogP contribution >= 0.6 is 0 Å². The summed E-state index contributed by atoms with van der Waals surface area (Å²) in [6.45, 7) is 2.94. The predicted molar refractivity (Wildman–Crippen MR) is 102 cm³/mol. The summed E-state index contributed by atoms with van der Waals surface area (Å²) in [5.41, 5.74) is 1.64. The smallest absolute Gasteiger partial charge is 0.263 e. The zero-order valence-electron chi connectivity index (χ0n) is 14.9. The van der Waals surface area contributed by atoms with Crippen molar-refractivity contribution < 1.29 is 17.9 Å². The molecule has 0 spiro atoms. The van der Waals surface area contributed by atoms with Crippen LogP contribution in [0, 0.1) is 6.92 Å². The summed E-state index contributed by atoms with van der Waals surface area (Å²) in [4.78, 5) is 16.3. The maximum atomic E-state index is 12.0. The van der Waals surface area contributed by atoms with Crippen molar-refractivity contribution in [3.8, 4) is 5.75 Å². The summed E-state index contributed by atoms with van der Waals surface area (Å²) in [6.07, 6.45) is 0.165. The second-order valence-corrected chi connectivity index (χ2v) is 7.75. The Morgan fingerprint density at radius 2 is 2.00 bits per heavy atom. The molecule has 1 heterocycles. The number of sulfonamides is 1. The first-order valence-electron chi connectivity index (χ1n) is 8.58. The minimum Gasteiger partial charge on any atom is -0.492 e. The average Bonchev–Trinajstić information content (AvgIpc) is 2.90. The van der Waals surface area contributed by atoms with Gasteiger partial charge in [0.15, 0.2) is 0 Å². The van der Waals surface area contributed by atoms with Crippen LogP contribution in [-0.4, -0.2) is 39.9 Å².